The van der Waals surface area contributed by atoms with Gasteiger partial charge in [-0.25, -0.2) is 0 Å². The van der Waals surface area contributed by atoms with E-state index in [1.54, 1.807) is 0 Å². The van der Waals surface area contributed by atoms with E-state index >= 15 is 0 Å². The Morgan fingerprint density at radius 1 is 0.800 bits per heavy atom. The first-order valence-corrected chi connectivity index (χ1v) is 12.9. The van der Waals surface area contributed by atoms with Gasteiger partial charge in [0.2, 0.25) is 0 Å². The van der Waals surface area contributed by atoms with Crippen LogP contribution in [-0.2, 0) is 0 Å². The van der Waals surface area contributed by atoms with Crippen molar-refractivity contribution in [2.45, 2.75) is 48.4 Å². The molecule has 0 nitrogen and oxygen atoms in total. The van der Waals surface area contributed by atoms with Crippen molar-refractivity contribution >= 4 is 30.2 Å². The molecule has 0 spiro atoms. The molecule has 0 bridgehead atoms. The summed E-state index contributed by atoms with van der Waals surface area (Å²) in [4.78, 5) is 0. The molecule has 0 aliphatic heterocycles. The zero-order chi connectivity index (χ0) is 8.58. The van der Waals surface area contributed by atoms with Crippen LogP contribution in [0, 0.1) is 0 Å². The average molecular weight is 313 g/mol. The van der Waals surface area contributed by atoms with Crippen LogP contribution in [-0.4, -0.2) is 17.5 Å². The van der Waals surface area contributed by atoms with Crippen LogP contribution < -0.4 is 0 Å². The topological polar surface area (TPSA) is 0 Å². The summed E-state index contributed by atoms with van der Waals surface area (Å²) in [5, 5.41) is 0. The minimum absolute atomic E-state index is 0.556. The third kappa shape index (κ3) is 3.61. The van der Waals surface area contributed by atoms with Crippen molar-refractivity contribution in [3.05, 3.63) is 0 Å². The van der Waals surface area contributed by atoms with E-state index in [1.807, 2.05) is 0 Å². The zero-order valence-electron chi connectivity index (χ0n) is 7.88. The molecule has 2 heteroatoms. The van der Waals surface area contributed by atoms with E-state index in [9.17, 15) is 0 Å². The second kappa shape index (κ2) is 3.34. The summed E-state index contributed by atoms with van der Waals surface area (Å²) >= 11 is 2.59. The molecule has 0 N–H and O–H groups in total. The monoisotopic (exact) mass is 313 g/mol. The van der Waals surface area contributed by atoms with Gasteiger partial charge in [-0.1, -0.05) is 0 Å². The summed E-state index contributed by atoms with van der Waals surface area (Å²) in [6, 6.07) is 0. The summed E-state index contributed by atoms with van der Waals surface area (Å²) in [5.41, 5.74) is 0. The number of halogens is 1. The van der Waals surface area contributed by atoms with Gasteiger partial charge in [0.15, 0.2) is 0 Å². The SMILES string of the molecule is C[C](C)(C)[Sn+]([Br])[C](C)(C)C. The number of hydrogen-bond donors (Lipinski definition) is 0. The fraction of sp³-hybridized carbons (Fsp3) is 1.00. The normalized spacial score (nSPS) is 13.5. The van der Waals surface area contributed by atoms with E-state index in [2.05, 4.69) is 54.2 Å². The van der Waals surface area contributed by atoms with Crippen LogP contribution in [0.15, 0.2) is 0 Å². The van der Waals surface area contributed by atoms with Crippen LogP contribution >= 0.6 is 12.7 Å². The van der Waals surface area contributed by atoms with Gasteiger partial charge in [-0.2, -0.15) is 0 Å². The standard InChI is InChI=1S/2C4H9.BrH.Sn/c2*1-4(2)3;;/h2*1-3H3;1H;/q;;;+2/p-1. The summed E-state index contributed by atoms with van der Waals surface area (Å²) < 4.78 is 1.11. The maximum absolute atomic E-state index is 3.92. The van der Waals surface area contributed by atoms with Gasteiger partial charge in [-0.3, -0.25) is 0 Å². The fourth-order valence-corrected chi connectivity index (χ4v) is 7.55. The molecule has 60 valence electrons. The number of rotatable bonds is 0. The van der Waals surface area contributed by atoms with Gasteiger partial charge >= 0.3 is 78.6 Å². The molecule has 0 unspecified atom stereocenters. The molecule has 0 saturated carbocycles. The first-order valence-electron chi connectivity index (χ1n) is 3.69. The molecule has 0 fully saturated rings. The van der Waals surface area contributed by atoms with Crippen LogP contribution in [0.3, 0.4) is 0 Å². The first kappa shape index (κ1) is 11.3. The van der Waals surface area contributed by atoms with Crippen molar-refractivity contribution in [3.8, 4) is 0 Å². The molecular formula is C8H18BrSn+. The summed E-state index contributed by atoms with van der Waals surface area (Å²) in [7, 11) is 0. The maximum atomic E-state index is 3.92. The van der Waals surface area contributed by atoms with Crippen LogP contribution in [0.5, 0.6) is 0 Å². The average Bonchev–Trinajstić information content (AvgIpc) is 1.59. The van der Waals surface area contributed by atoms with E-state index in [4.69, 9.17) is 0 Å². The number of hydrogen-bond acceptors (Lipinski definition) is 0. The molecular weight excluding hydrogens is 295 g/mol. The van der Waals surface area contributed by atoms with Gasteiger partial charge in [0.25, 0.3) is 0 Å². The Morgan fingerprint density at radius 3 is 1.00 bits per heavy atom. The van der Waals surface area contributed by atoms with Crippen LogP contribution in [0.2, 0.25) is 6.86 Å². The van der Waals surface area contributed by atoms with E-state index in [0.717, 1.165) is 0 Å². The molecule has 10 heavy (non-hydrogen) atoms. The van der Waals surface area contributed by atoms with Gasteiger partial charge in [0, 0.05) is 0 Å². The van der Waals surface area contributed by atoms with Gasteiger partial charge in [-0.05, 0) is 0 Å². The molecule has 0 radical (unpaired) electrons. The Balaban J connectivity index is 4.23. The van der Waals surface area contributed by atoms with Crippen LogP contribution in [0.4, 0.5) is 0 Å². The van der Waals surface area contributed by atoms with E-state index < -0.39 is 17.5 Å². The quantitative estimate of drug-likeness (QED) is 0.594. The van der Waals surface area contributed by atoms with Gasteiger partial charge < -0.3 is 0 Å². The molecule has 0 rings (SSSR count). The summed E-state index contributed by atoms with van der Waals surface area (Å²) in [6.45, 7) is 14.1. The molecule has 0 aliphatic rings. The first-order chi connectivity index (χ1) is 4.15. The van der Waals surface area contributed by atoms with Crippen molar-refractivity contribution in [2.24, 2.45) is 0 Å². The predicted molar refractivity (Wildman–Crippen MR) is 54.1 cm³/mol. The minimum atomic E-state index is -1.32. The van der Waals surface area contributed by atoms with Crippen molar-refractivity contribution < 1.29 is 0 Å². The second-order valence-electron chi connectivity index (χ2n) is 4.81. The van der Waals surface area contributed by atoms with Crippen LogP contribution in [0.1, 0.15) is 41.5 Å². The van der Waals surface area contributed by atoms with Crippen LogP contribution in [0.25, 0.3) is 0 Å². The zero-order valence-corrected chi connectivity index (χ0v) is 12.3. The molecule has 0 heterocycles. The van der Waals surface area contributed by atoms with Crippen molar-refractivity contribution in [1.29, 1.82) is 0 Å². The molecule has 0 amide bonds. The molecule has 0 aromatic carbocycles. The van der Waals surface area contributed by atoms with E-state index in [1.165, 1.54) is 0 Å². The van der Waals surface area contributed by atoms with Gasteiger partial charge in [0.05, 0.1) is 0 Å². The summed E-state index contributed by atoms with van der Waals surface area (Å²) in [6.07, 6.45) is 0. The molecule has 0 aromatic heterocycles. The van der Waals surface area contributed by atoms with Gasteiger partial charge in [0.1, 0.15) is 0 Å². The summed E-state index contributed by atoms with van der Waals surface area (Å²) in [5.74, 6) is 0. The molecule has 0 saturated heterocycles. The third-order valence-corrected chi connectivity index (χ3v) is 24.8. The molecule has 0 atom stereocenters. The Labute approximate surface area is 78.3 Å². The second-order valence-corrected chi connectivity index (χ2v) is 20.5. The third-order valence-electron chi connectivity index (χ3n) is 1.32. The Morgan fingerprint density at radius 2 is 1.00 bits per heavy atom. The van der Waals surface area contributed by atoms with Gasteiger partial charge in [-0.15, -0.1) is 0 Å². The van der Waals surface area contributed by atoms with E-state index in [0.29, 0.717) is 6.86 Å². The molecule has 0 aromatic rings. The predicted octanol–water partition coefficient (Wildman–Crippen LogP) is 3.97. The Kier molecular flexibility index (Phi) is 3.77. The van der Waals surface area contributed by atoms with E-state index in [-0.39, 0.29) is 0 Å². The van der Waals surface area contributed by atoms with Crippen molar-refractivity contribution in [2.75, 3.05) is 0 Å². The Hall–Kier alpha value is 1.28. The van der Waals surface area contributed by atoms with Crippen molar-refractivity contribution in [1.82, 2.24) is 0 Å². The Bertz CT molecular complexity index is 93.4. The van der Waals surface area contributed by atoms with Crippen molar-refractivity contribution in [3.63, 3.8) is 0 Å². The molecule has 0 aliphatic carbocycles. The fourth-order valence-electron chi connectivity index (χ4n) is 1.12.